The van der Waals surface area contributed by atoms with Crippen LogP contribution in [0.2, 0.25) is 0 Å². The Morgan fingerprint density at radius 3 is 1.23 bits per heavy atom. The molecule has 328 valence electrons. The number of hydrogen-bond donors (Lipinski definition) is 6. The molecule has 4 fully saturated rings. The maximum atomic E-state index is 13.7. The number of urea groups is 2. The predicted octanol–water partition coefficient (Wildman–Crippen LogP) is 1.66. The largest absolute Gasteiger partial charge is 0.478 e. The van der Waals surface area contributed by atoms with Crippen LogP contribution in [0.3, 0.4) is 0 Å². The van der Waals surface area contributed by atoms with Crippen molar-refractivity contribution in [1.82, 2.24) is 19.6 Å². The summed E-state index contributed by atoms with van der Waals surface area (Å²) in [6.07, 6.45) is 2.44. The first-order valence-corrected chi connectivity index (χ1v) is 18.7. The van der Waals surface area contributed by atoms with Gasteiger partial charge in [-0.05, 0) is 48.9 Å². The van der Waals surface area contributed by atoms with Gasteiger partial charge >= 0.3 is 24.0 Å². The SMILES string of the molecule is NC(=O)N1C[C@@H]2CCN(C(=O)C[C@H](N)Cc3cc(F)c(F)cc3F)[C@@H]2C1.NC(=O)N1C[C@@H]2CCN(C(=O)C[C@H](N)Cc3cc(F)c(F)cc3F)[C@@H]2C1.O=C(O)/C=C/C(=O)O. The normalized spacial score (nSPS) is 21.4. The van der Waals surface area contributed by atoms with E-state index in [9.17, 15) is 55.1 Å². The third-order valence-electron chi connectivity index (χ3n) is 10.7. The number of fused-ring (bicyclic) bond motifs is 2. The highest BCUT2D eigenvalue weighted by Crippen LogP contribution is 2.33. The van der Waals surface area contributed by atoms with Crippen molar-refractivity contribution in [2.75, 3.05) is 39.3 Å². The molecule has 0 aliphatic carbocycles. The number of primary amides is 2. The molecule has 0 bridgehead atoms. The van der Waals surface area contributed by atoms with Crippen LogP contribution in [0.5, 0.6) is 0 Å². The smallest absolute Gasteiger partial charge is 0.328 e. The molecular formula is C38H46F6N8O8. The van der Waals surface area contributed by atoms with Gasteiger partial charge in [-0.15, -0.1) is 0 Å². The molecule has 6 rings (SSSR count). The van der Waals surface area contributed by atoms with E-state index < -0.39 is 71.0 Å². The van der Waals surface area contributed by atoms with E-state index in [-0.39, 0.29) is 72.5 Å². The molecule has 10 N–H and O–H groups in total. The summed E-state index contributed by atoms with van der Waals surface area (Å²) in [6, 6.07) is -0.142. The van der Waals surface area contributed by atoms with Crippen molar-refractivity contribution in [2.45, 2.75) is 62.7 Å². The first-order chi connectivity index (χ1) is 28.1. The minimum atomic E-state index is -1.26. The van der Waals surface area contributed by atoms with E-state index in [1.165, 1.54) is 9.80 Å². The van der Waals surface area contributed by atoms with E-state index in [0.717, 1.165) is 25.0 Å². The molecule has 0 unspecified atom stereocenters. The van der Waals surface area contributed by atoms with Crippen molar-refractivity contribution in [2.24, 2.45) is 34.8 Å². The van der Waals surface area contributed by atoms with Gasteiger partial charge in [-0.3, -0.25) is 9.59 Å². The number of carboxylic acids is 2. The van der Waals surface area contributed by atoms with Crippen molar-refractivity contribution in [3.05, 3.63) is 82.4 Å². The Balaban J connectivity index is 0.000000224. The van der Waals surface area contributed by atoms with Gasteiger partial charge in [0, 0.05) is 100 Å². The van der Waals surface area contributed by atoms with Crippen LogP contribution < -0.4 is 22.9 Å². The summed E-state index contributed by atoms with van der Waals surface area (Å²) in [7, 11) is 0. The number of carbonyl (C=O) groups is 6. The molecule has 60 heavy (non-hydrogen) atoms. The molecular weight excluding hydrogens is 810 g/mol. The highest BCUT2D eigenvalue weighted by atomic mass is 19.2. The van der Waals surface area contributed by atoms with E-state index in [1.807, 2.05) is 0 Å². The van der Waals surface area contributed by atoms with E-state index in [2.05, 4.69) is 0 Å². The van der Waals surface area contributed by atoms with Crippen molar-refractivity contribution in [1.29, 1.82) is 0 Å². The number of hydrogen-bond acceptors (Lipinski definition) is 8. The quantitative estimate of drug-likeness (QED) is 0.114. The number of amides is 6. The Labute approximate surface area is 339 Å². The highest BCUT2D eigenvalue weighted by molar-refractivity contribution is 5.89. The number of rotatable bonds is 10. The van der Waals surface area contributed by atoms with Crippen LogP contribution in [-0.2, 0) is 32.0 Å². The van der Waals surface area contributed by atoms with Crippen LogP contribution in [0, 0.1) is 46.7 Å². The first kappa shape index (κ1) is 46.8. The summed E-state index contributed by atoms with van der Waals surface area (Å²) >= 11 is 0. The van der Waals surface area contributed by atoms with Crippen molar-refractivity contribution < 1.29 is 65.3 Å². The summed E-state index contributed by atoms with van der Waals surface area (Å²) in [5.41, 5.74) is 22.3. The number of nitrogens with two attached hydrogens (primary N) is 4. The Hall–Kier alpha value is -5.90. The number of nitrogens with zero attached hydrogens (tertiary/aromatic N) is 4. The van der Waals surface area contributed by atoms with Crippen molar-refractivity contribution in [3.8, 4) is 0 Å². The van der Waals surface area contributed by atoms with Gasteiger partial charge in [-0.2, -0.15) is 0 Å². The summed E-state index contributed by atoms with van der Waals surface area (Å²) in [4.78, 5) is 73.2. The van der Waals surface area contributed by atoms with Gasteiger partial charge in [0.05, 0.1) is 12.1 Å². The average molecular weight is 857 g/mol. The zero-order valence-corrected chi connectivity index (χ0v) is 32.1. The van der Waals surface area contributed by atoms with Crippen LogP contribution in [0.25, 0.3) is 0 Å². The van der Waals surface area contributed by atoms with Gasteiger partial charge in [0.2, 0.25) is 11.8 Å². The predicted molar refractivity (Wildman–Crippen MR) is 199 cm³/mol. The van der Waals surface area contributed by atoms with Crippen LogP contribution in [0.1, 0.15) is 36.8 Å². The zero-order valence-electron chi connectivity index (χ0n) is 32.1. The second-order valence-electron chi connectivity index (χ2n) is 15.0. The first-order valence-electron chi connectivity index (χ1n) is 18.7. The van der Waals surface area contributed by atoms with Gasteiger partial charge in [-0.25, -0.2) is 45.5 Å². The molecule has 2 aromatic rings. The van der Waals surface area contributed by atoms with Crippen molar-refractivity contribution >= 4 is 35.8 Å². The number of carboxylic acid groups (broad SMARTS) is 2. The molecule has 16 nitrogen and oxygen atoms in total. The second kappa shape index (κ2) is 20.4. The molecule has 2 aromatic carbocycles. The maximum absolute atomic E-state index is 13.7. The van der Waals surface area contributed by atoms with Crippen LogP contribution >= 0.6 is 0 Å². The van der Waals surface area contributed by atoms with Gasteiger partial charge < -0.3 is 52.7 Å². The highest BCUT2D eigenvalue weighted by Gasteiger charge is 2.45. The Morgan fingerprint density at radius 2 is 0.917 bits per heavy atom. The van der Waals surface area contributed by atoms with Crippen LogP contribution in [0.4, 0.5) is 35.9 Å². The van der Waals surface area contributed by atoms with Gasteiger partial charge in [-0.1, -0.05) is 0 Å². The number of carbonyl (C=O) groups excluding carboxylic acids is 4. The van der Waals surface area contributed by atoms with Gasteiger partial charge in [0.25, 0.3) is 0 Å². The summed E-state index contributed by atoms with van der Waals surface area (Å²) < 4.78 is 79.9. The third-order valence-corrected chi connectivity index (χ3v) is 10.7. The number of benzene rings is 2. The molecule has 4 saturated heterocycles. The Kier molecular flexibility index (Phi) is 15.9. The minimum absolute atomic E-state index is 0.0434. The lowest BCUT2D eigenvalue weighted by molar-refractivity contribution is -0.134. The molecule has 4 heterocycles. The second-order valence-corrected chi connectivity index (χ2v) is 15.0. The minimum Gasteiger partial charge on any atom is -0.478 e. The van der Waals surface area contributed by atoms with Crippen molar-refractivity contribution in [3.63, 3.8) is 0 Å². The lowest BCUT2D eigenvalue weighted by Gasteiger charge is -2.26. The van der Waals surface area contributed by atoms with Crippen LogP contribution in [0.15, 0.2) is 36.4 Å². The Bertz CT molecular complexity index is 1860. The average Bonchev–Trinajstić information content (AvgIpc) is 3.94. The van der Waals surface area contributed by atoms with E-state index >= 15 is 0 Å². The monoisotopic (exact) mass is 856 g/mol. The molecule has 0 radical (unpaired) electrons. The summed E-state index contributed by atoms with van der Waals surface area (Å²) in [6.45, 7) is 3.03. The fourth-order valence-corrected chi connectivity index (χ4v) is 7.88. The summed E-state index contributed by atoms with van der Waals surface area (Å²) in [5.74, 6) is -9.11. The van der Waals surface area contributed by atoms with E-state index in [4.69, 9.17) is 33.1 Å². The molecule has 6 amide bonds. The van der Waals surface area contributed by atoms with Crippen LogP contribution in [-0.4, -0.2) is 129 Å². The molecule has 0 aromatic heterocycles. The zero-order chi connectivity index (χ0) is 44.6. The number of halogens is 6. The molecule has 6 atom stereocenters. The molecule has 4 aliphatic rings. The molecule has 22 heteroatoms. The van der Waals surface area contributed by atoms with E-state index in [1.54, 1.807) is 9.80 Å². The fourth-order valence-electron chi connectivity index (χ4n) is 7.88. The summed E-state index contributed by atoms with van der Waals surface area (Å²) in [5, 5.41) is 15.6. The maximum Gasteiger partial charge on any atom is 0.328 e. The molecule has 0 saturated carbocycles. The van der Waals surface area contributed by atoms with E-state index in [0.29, 0.717) is 63.6 Å². The number of likely N-dealkylation sites (tertiary alicyclic amines) is 4. The molecule has 4 aliphatic heterocycles. The van der Waals surface area contributed by atoms with Gasteiger partial charge in [0.15, 0.2) is 23.3 Å². The molecule has 0 spiro atoms. The van der Waals surface area contributed by atoms with Gasteiger partial charge in [0.1, 0.15) is 11.6 Å². The number of aliphatic carboxylic acids is 2. The lowest BCUT2D eigenvalue weighted by atomic mass is 10.0. The topological polar surface area (TPSA) is 260 Å². The third kappa shape index (κ3) is 12.3. The standard InChI is InChI=1S/2C17H21F3N4O2.C4H4O4/c2*18-12-6-14(20)13(19)4-10(12)3-11(21)5-16(25)24-2-1-9-7-23(17(22)26)8-15(9)24;5-3(6)1-2-4(7)8/h2*4,6,9,11,15H,1-3,5,7-8,21H2,(H2,22,26);1-2H,(H,5,6)(H,7,8)/b;;2-1+/t2*9-,11+,15+;/m00./s1. The fraction of sp³-hybridized carbons (Fsp3) is 0.474. The Morgan fingerprint density at radius 1 is 0.583 bits per heavy atom. The lowest BCUT2D eigenvalue weighted by Crippen LogP contribution is -2.43.